The highest BCUT2D eigenvalue weighted by atomic mass is 16.5. The first kappa shape index (κ1) is 24.0. The predicted molar refractivity (Wildman–Crippen MR) is 137 cm³/mol. The van der Waals surface area contributed by atoms with E-state index in [1.54, 1.807) is 18.0 Å². The van der Waals surface area contributed by atoms with Crippen molar-refractivity contribution in [2.24, 2.45) is 0 Å². The van der Waals surface area contributed by atoms with Crippen LogP contribution in [0.25, 0.3) is 16.9 Å². The van der Waals surface area contributed by atoms with Gasteiger partial charge in [0, 0.05) is 24.8 Å². The molecule has 1 amide bonds. The molecule has 0 saturated heterocycles. The molecule has 180 valence electrons. The third-order valence-electron chi connectivity index (χ3n) is 5.50. The lowest BCUT2D eigenvalue weighted by Gasteiger charge is -2.12. The van der Waals surface area contributed by atoms with Gasteiger partial charge in [-0.05, 0) is 68.2 Å². The zero-order valence-corrected chi connectivity index (χ0v) is 20.3. The second-order valence-corrected chi connectivity index (χ2v) is 8.38. The van der Waals surface area contributed by atoms with Crippen LogP contribution in [0.2, 0.25) is 0 Å². The fraction of sp³-hybridized carbons (Fsp3) is 0.214. The number of likely N-dealkylation sites (N-methyl/N-ethyl adjacent to an activating group) is 1. The number of aromatic nitrogens is 2. The number of methoxy groups -OCH3 is 1. The van der Waals surface area contributed by atoms with Crippen LogP contribution in [0, 0.1) is 0 Å². The number of hydrogen-bond donors (Lipinski definition) is 1. The van der Waals surface area contributed by atoms with Gasteiger partial charge in [0.05, 0.1) is 18.4 Å². The van der Waals surface area contributed by atoms with Crippen molar-refractivity contribution in [3.05, 3.63) is 96.2 Å². The molecule has 35 heavy (non-hydrogen) atoms. The second kappa shape index (κ2) is 11.4. The lowest BCUT2D eigenvalue weighted by atomic mass is 10.1. The summed E-state index contributed by atoms with van der Waals surface area (Å²) in [4.78, 5) is 15.4. The summed E-state index contributed by atoms with van der Waals surface area (Å²) >= 11 is 0. The summed E-state index contributed by atoms with van der Waals surface area (Å²) in [5.41, 5.74) is 3.78. The average molecular weight is 471 g/mol. The smallest absolute Gasteiger partial charge is 0.255 e. The van der Waals surface area contributed by atoms with Gasteiger partial charge in [0.15, 0.2) is 0 Å². The van der Waals surface area contributed by atoms with Crippen molar-refractivity contribution in [1.29, 1.82) is 0 Å². The number of para-hydroxylation sites is 1. The highest BCUT2D eigenvalue weighted by molar-refractivity contribution is 5.99. The van der Waals surface area contributed by atoms with E-state index in [9.17, 15) is 4.79 Å². The zero-order valence-electron chi connectivity index (χ0n) is 20.3. The molecule has 1 aromatic heterocycles. The lowest BCUT2D eigenvalue weighted by molar-refractivity contribution is 0.0951. The molecule has 0 unspecified atom stereocenters. The fourth-order valence-electron chi connectivity index (χ4n) is 3.58. The Labute approximate surface area is 205 Å². The van der Waals surface area contributed by atoms with E-state index in [1.807, 2.05) is 93.0 Å². The second-order valence-electron chi connectivity index (χ2n) is 8.38. The van der Waals surface area contributed by atoms with Gasteiger partial charge in [-0.15, -0.1) is 0 Å². The molecule has 4 rings (SSSR count). The number of rotatable bonds is 10. The molecule has 4 aromatic rings. The number of carbonyl (C=O) groups excluding carboxylic acids is 1. The highest BCUT2D eigenvalue weighted by Gasteiger charge is 2.19. The van der Waals surface area contributed by atoms with Gasteiger partial charge >= 0.3 is 0 Å². The van der Waals surface area contributed by atoms with E-state index in [2.05, 4.69) is 10.2 Å². The Kier molecular flexibility index (Phi) is 7.80. The van der Waals surface area contributed by atoms with Crippen LogP contribution in [0.4, 0.5) is 0 Å². The summed E-state index contributed by atoms with van der Waals surface area (Å²) in [5, 5.41) is 7.77. The van der Waals surface area contributed by atoms with Crippen LogP contribution < -0.4 is 14.8 Å². The molecular formula is C28H30N4O3. The first-order valence-corrected chi connectivity index (χ1v) is 11.5. The van der Waals surface area contributed by atoms with E-state index in [4.69, 9.17) is 14.6 Å². The Morgan fingerprint density at radius 2 is 1.74 bits per heavy atom. The molecule has 0 atom stereocenters. The fourth-order valence-corrected chi connectivity index (χ4v) is 3.58. The maximum Gasteiger partial charge on any atom is 0.255 e. The Bertz CT molecular complexity index is 1250. The largest absolute Gasteiger partial charge is 0.497 e. The third-order valence-corrected chi connectivity index (χ3v) is 5.50. The Morgan fingerprint density at radius 3 is 2.46 bits per heavy atom. The number of amides is 1. The van der Waals surface area contributed by atoms with Gasteiger partial charge in [-0.25, -0.2) is 4.68 Å². The molecular weight excluding hydrogens is 440 g/mol. The number of carbonyl (C=O) groups is 1. The maximum absolute atomic E-state index is 13.3. The van der Waals surface area contributed by atoms with Gasteiger partial charge in [-0.3, -0.25) is 4.79 Å². The van der Waals surface area contributed by atoms with Gasteiger partial charge in [-0.2, -0.15) is 5.10 Å². The maximum atomic E-state index is 13.3. The van der Waals surface area contributed by atoms with Gasteiger partial charge in [0.1, 0.15) is 23.8 Å². The van der Waals surface area contributed by atoms with Crippen LogP contribution in [0.5, 0.6) is 11.5 Å². The lowest BCUT2D eigenvalue weighted by Crippen LogP contribution is -2.23. The van der Waals surface area contributed by atoms with Crippen molar-refractivity contribution >= 4 is 5.91 Å². The van der Waals surface area contributed by atoms with Crippen molar-refractivity contribution in [1.82, 2.24) is 20.0 Å². The minimum Gasteiger partial charge on any atom is -0.497 e. The number of nitrogens with zero attached hydrogens (tertiary/aromatic N) is 3. The summed E-state index contributed by atoms with van der Waals surface area (Å²) < 4.78 is 12.8. The van der Waals surface area contributed by atoms with Crippen LogP contribution in [-0.2, 0) is 6.54 Å². The van der Waals surface area contributed by atoms with Gasteiger partial charge in [-0.1, -0.05) is 30.3 Å². The quantitative estimate of drug-likeness (QED) is 0.372. The first-order chi connectivity index (χ1) is 17.0. The first-order valence-electron chi connectivity index (χ1n) is 11.5. The topological polar surface area (TPSA) is 68.6 Å². The normalized spacial score (nSPS) is 10.9. The van der Waals surface area contributed by atoms with E-state index >= 15 is 0 Å². The summed E-state index contributed by atoms with van der Waals surface area (Å²) in [5.74, 6) is 1.33. The number of ether oxygens (including phenoxy) is 2. The molecule has 0 aliphatic carbocycles. The van der Waals surface area contributed by atoms with E-state index in [0.717, 1.165) is 34.9 Å². The van der Waals surface area contributed by atoms with Gasteiger partial charge in [0.2, 0.25) is 0 Å². The predicted octanol–water partition coefficient (Wildman–Crippen LogP) is 4.42. The van der Waals surface area contributed by atoms with Crippen LogP contribution in [0.15, 0.2) is 85.1 Å². The van der Waals surface area contributed by atoms with E-state index < -0.39 is 0 Å². The van der Waals surface area contributed by atoms with E-state index in [-0.39, 0.29) is 5.91 Å². The minimum atomic E-state index is -0.197. The van der Waals surface area contributed by atoms with Gasteiger partial charge in [0.25, 0.3) is 5.91 Å². The standard InChI is InChI=1S/C28H30N4O3/c1-31(2)16-17-35-25-11-7-8-21(18-25)19-29-28(33)26-20-32(23-9-5-4-6-10-23)30-27(26)22-12-14-24(34-3)15-13-22/h4-15,18,20H,16-17,19H2,1-3H3,(H,29,33). The average Bonchev–Trinajstić information content (AvgIpc) is 3.34. The summed E-state index contributed by atoms with van der Waals surface area (Å²) in [7, 11) is 5.64. The molecule has 0 fully saturated rings. The third kappa shape index (κ3) is 6.28. The molecule has 0 aliphatic heterocycles. The molecule has 0 bridgehead atoms. The summed E-state index contributed by atoms with van der Waals surface area (Å²) in [6.07, 6.45) is 1.77. The van der Waals surface area contributed by atoms with Crippen LogP contribution >= 0.6 is 0 Å². The molecule has 7 heteroatoms. The molecule has 1 heterocycles. The SMILES string of the molecule is COc1ccc(-c2nn(-c3ccccc3)cc2C(=O)NCc2cccc(OCCN(C)C)c2)cc1. The van der Waals surface area contributed by atoms with E-state index in [1.165, 1.54) is 0 Å². The summed E-state index contributed by atoms with van der Waals surface area (Å²) in [6, 6.07) is 25.0. The van der Waals surface area contributed by atoms with Crippen molar-refractivity contribution in [3.63, 3.8) is 0 Å². The van der Waals surface area contributed by atoms with Gasteiger partial charge < -0.3 is 19.7 Å². The monoisotopic (exact) mass is 470 g/mol. The Balaban J connectivity index is 1.54. The van der Waals surface area contributed by atoms with Crippen molar-refractivity contribution in [2.75, 3.05) is 34.4 Å². The molecule has 0 saturated carbocycles. The Morgan fingerprint density at radius 1 is 0.971 bits per heavy atom. The molecule has 0 aliphatic rings. The number of hydrogen-bond acceptors (Lipinski definition) is 5. The number of nitrogens with one attached hydrogen (secondary N) is 1. The molecule has 0 radical (unpaired) electrons. The molecule has 1 N–H and O–H groups in total. The Hall–Kier alpha value is -4.10. The molecule has 0 spiro atoms. The van der Waals surface area contributed by atoms with Crippen molar-refractivity contribution < 1.29 is 14.3 Å². The van der Waals surface area contributed by atoms with Crippen LogP contribution in [0.1, 0.15) is 15.9 Å². The zero-order chi connectivity index (χ0) is 24.6. The van der Waals surface area contributed by atoms with Crippen LogP contribution in [-0.4, -0.2) is 54.9 Å². The van der Waals surface area contributed by atoms with E-state index in [0.29, 0.717) is 24.4 Å². The van der Waals surface area contributed by atoms with Crippen molar-refractivity contribution in [3.8, 4) is 28.4 Å². The minimum absolute atomic E-state index is 0.197. The summed E-state index contributed by atoms with van der Waals surface area (Å²) in [6.45, 7) is 1.81. The molecule has 7 nitrogen and oxygen atoms in total. The number of benzene rings is 3. The highest BCUT2D eigenvalue weighted by Crippen LogP contribution is 2.26. The van der Waals surface area contributed by atoms with Crippen molar-refractivity contribution in [2.45, 2.75) is 6.54 Å². The molecule has 3 aromatic carbocycles. The van der Waals surface area contributed by atoms with Crippen LogP contribution in [0.3, 0.4) is 0 Å².